The molecular formula is C29H30OS3. The first-order valence-corrected chi connectivity index (χ1v) is 13.9. The maximum atomic E-state index is 13.3. The third kappa shape index (κ3) is 6.38. The summed E-state index contributed by atoms with van der Waals surface area (Å²) in [5.41, 5.74) is 1.09. The third-order valence-corrected chi connectivity index (χ3v) is 10.7. The summed E-state index contributed by atoms with van der Waals surface area (Å²) >= 11 is 5.73. The number of carbonyl (C=O) groups is 1. The number of ketones is 1. The minimum absolute atomic E-state index is 0.000105. The molecule has 3 aromatic rings. The van der Waals surface area contributed by atoms with Crippen molar-refractivity contribution in [3.8, 4) is 0 Å². The van der Waals surface area contributed by atoms with Crippen molar-refractivity contribution in [2.45, 2.75) is 50.7 Å². The van der Waals surface area contributed by atoms with Gasteiger partial charge in [-0.1, -0.05) is 95.5 Å². The molecule has 1 saturated carbocycles. The fraction of sp³-hybridized carbons (Fsp3) is 0.276. The average molecular weight is 491 g/mol. The Kier molecular flexibility index (Phi) is 8.45. The number of benzene rings is 3. The largest absolute Gasteiger partial charge is 0.299 e. The second-order valence-electron chi connectivity index (χ2n) is 8.58. The standard InChI is InChI=1S/C29H30OS3/c1-22(2)21-26-27(19-12-20-28(26)30)29(31-23-13-6-3-7-14-23,32-24-15-8-4-9-16-24)33-25-17-10-5-11-18-25/h3-11,13-18,26-27H,1,12,19-21H2,2H3/t26-,27+/m1/s1. The average Bonchev–Trinajstić information content (AvgIpc) is 2.82. The van der Waals surface area contributed by atoms with Gasteiger partial charge in [-0.3, -0.25) is 4.79 Å². The Morgan fingerprint density at radius 2 is 1.24 bits per heavy atom. The minimum Gasteiger partial charge on any atom is -0.299 e. The molecular weight excluding hydrogens is 461 g/mol. The van der Waals surface area contributed by atoms with Crippen LogP contribution in [0, 0.1) is 11.8 Å². The van der Waals surface area contributed by atoms with Gasteiger partial charge in [-0.05, 0) is 62.6 Å². The van der Waals surface area contributed by atoms with Crippen molar-refractivity contribution in [3.63, 3.8) is 0 Å². The molecule has 0 saturated heterocycles. The van der Waals surface area contributed by atoms with Gasteiger partial charge in [0.25, 0.3) is 0 Å². The van der Waals surface area contributed by atoms with E-state index in [4.69, 9.17) is 0 Å². The first kappa shape index (κ1) is 24.3. The van der Waals surface area contributed by atoms with E-state index in [0.717, 1.165) is 24.8 Å². The normalized spacial score (nSPS) is 18.8. The van der Waals surface area contributed by atoms with Crippen LogP contribution in [0.3, 0.4) is 0 Å². The molecule has 0 bridgehead atoms. The van der Waals surface area contributed by atoms with Crippen molar-refractivity contribution >= 4 is 41.1 Å². The molecule has 1 aliphatic rings. The lowest BCUT2D eigenvalue weighted by molar-refractivity contribution is -0.126. The van der Waals surface area contributed by atoms with Gasteiger partial charge >= 0.3 is 0 Å². The molecule has 0 spiro atoms. The van der Waals surface area contributed by atoms with E-state index >= 15 is 0 Å². The van der Waals surface area contributed by atoms with E-state index in [1.807, 2.05) is 35.3 Å². The lowest BCUT2D eigenvalue weighted by Gasteiger charge is -2.45. The lowest BCUT2D eigenvalue weighted by Crippen LogP contribution is -2.40. The van der Waals surface area contributed by atoms with Crippen LogP contribution in [0.15, 0.2) is 118 Å². The highest BCUT2D eigenvalue weighted by Gasteiger charge is 2.49. The molecule has 2 atom stereocenters. The summed E-state index contributed by atoms with van der Waals surface area (Å²) in [5.74, 6) is 0.616. The molecule has 1 aliphatic carbocycles. The number of allylic oxidation sites excluding steroid dienone is 1. The van der Waals surface area contributed by atoms with E-state index in [2.05, 4.69) is 104 Å². The molecule has 0 heterocycles. The summed E-state index contributed by atoms with van der Waals surface area (Å²) in [6.07, 6.45) is 3.46. The Morgan fingerprint density at radius 1 is 0.818 bits per heavy atom. The monoisotopic (exact) mass is 490 g/mol. The Bertz CT molecular complexity index is 949. The number of rotatable bonds is 9. The Hall–Kier alpha value is -1.88. The summed E-state index contributed by atoms with van der Waals surface area (Å²) in [5, 5.41) is 0. The van der Waals surface area contributed by atoms with Gasteiger partial charge in [-0.15, -0.1) is 6.58 Å². The molecule has 4 rings (SSSR count). The third-order valence-electron chi connectivity index (χ3n) is 5.87. The Morgan fingerprint density at radius 3 is 1.64 bits per heavy atom. The molecule has 0 aromatic heterocycles. The van der Waals surface area contributed by atoms with E-state index in [9.17, 15) is 4.79 Å². The number of hydrogen-bond acceptors (Lipinski definition) is 4. The predicted molar refractivity (Wildman–Crippen MR) is 145 cm³/mol. The SMILES string of the molecule is C=C(C)C[C@H]1C(=O)CCC[C@@H]1C(Sc1ccccc1)(Sc1ccccc1)Sc1ccccc1. The molecule has 0 unspecified atom stereocenters. The van der Waals surface area contributed by atoms with Gasteiger partial charge in [-0.2, -0.15) is 0 Å². The van der Waals surface area contributed by atoms with Crippen LogP contribution in [0.2, 0.25) is 0 Å². The fourth-order valence-corrected chi connectivity index (χ4v) is 9.81. The van der Waals surface area contributed by atoms with Crippen molar-refractivity contribution in [2.75, 3.05) is 0 Å². The molecule has 1 nitrogen and oxygen atoms in total. The van der Waals surface area contributed by atoms with Crippen molar-refractivity contribution < 1.29 is 4.79 Å². The summed E-state index contributed by atoms with van der Waals surface area (Å²) in [6, 6.07) is 31.9. The van der Waals surface area contributed by atoms with Crippen LogP contribution in [0.5, 0.6) is 0 Å². The van der Waals surface area contributed by atoms with Crippen LogP contribution in [-0.4, -0.2) is 9.19 Å². The molecule has 0 aliphatic heterocycles. The van der Waals surface area contributed by atoms with Crippen molar-refractivity contribution in [2.24, 2.45) is 11.8 Å². The van der Waals surface area contributed by atoms with E-state index in [1.54, 1.807) is 0 Å². The van der Waals surface area contributed by atoms with Crippen LogP contribution in [0.4, 0.5) is 0 Å². The molecule has 170 valence electrons. The van der Waals surface area contributed by atoms with Gasteiger partial charge in [0, 0.05) is 32.9 Å². The smallest absolute Gasteiger partial charge is 0.136 e. The summed E-state index contributed by atoms with van der Waals surface area (Å²) in [7, 11) is 0. The molecule has 3 aromatic carbocycles. The van der Waals surface area contributed by atoms with Gasteiger partial charge in [0.2, 0.25) is 0 Å². The number of hydrogen-bond donors (Lipinski definition) is 0. The van der Waals surface area contributed by atoms with Crippen molar-refractivity contribution in [3.05, 3.63) is 103 Å². The van der Waals surface area contributed by atoms with E-state index in [1.165, 1.54) is 14.7 Å². The van der Waals surface area contributed by atoms with Crippen LogP contribution >= 0.6 is 35.3 Å². The van der Waals surface area contributed by atoms with Gasteiger partial charge in [-0.25, -0.2) is 0 Å². The second kappa shape index (κ2) is 11.5. The number of thioether (sulfide) groups is 3. The zero-order valence-electron chi connectivity index (χ0n) is 19.0. The number of Topliss-reactive ketones (excluding diaryl/α,β-unsaturated/α-hetero) is 1. The molecule has 4 heteroatoms. The van der Waals surface area contributed by atoms with E-state index in [-0.39, 0.29) is 15.2 Å². The quantitative estimate of drug-likeness (QED) is 0.169. The van der Waals surface area contributed by atoms with Crippen LogP contribution in [0.25, 0.3) is 0 Å². The number of carbonyl (C=O) groups excluding carboxylic acids is 1. The summed E-state index contributed by atoms with van der Waals surface area (Å²) in [4.78, 5) is 17.0. The topological polar surface area (TPSA) is 17.1 Å². The van der Waals surface area contributed by atoms with Crippen molar-refractivity contribution in [1.82, 2.24) is 0 Å². The lowest BCUT2D eigenvalue weighted by atomic mass is 9.76. The zero-order valence-corrected chi connectivity index (χ0v) is 21.4. The summed E-state index contributed by atoms with van der Waals surface area (Å²) < 4.78 is -0.291. The minimum atomic E-state index is -0.291. The summed E-state index contributed by atoms with van der Waals surface area (Å²) in [6.45, 7) is 6.23. The van der Waals surface area contributed by atoms with Crippen LogP contribution in [0.1, 0.15) is 32.6 Å². The highest BCUT2D eigenvalue weighted by Crippen LogP contribution is 2.63. The molecule has 33 heavy (non-hydrogen) atoms. The fourth-order valence-electron chi connectivity index (χ4n) is 4.41. The molecule has 1 fully saturated rings. The van der Waals surface area contributed by atoms with Crippen LogP contribution < -0.4 is 0 Å². The molecule has 0 amide bonds. The maximum absolute atomic E-state index is 13.3. The second-order valence-corrected chi connectivity index (χ2v) is 13.3. The van der Waals surface area contributed by atoms with Gasteiger partial charge in [0.15, 0.2) is 0 Å². The first-order valence-electron chi connectivity index (χ1n) is 11.4. The van der Waals surface area contributed by atoms with Crippen molar-refractivity contribution in [1.29, 1.82) is 0 Å². The zero-order chi connectivity index (χ0) is 23.1. The first-order chi connectivity index (χ1) is 16.1. The molecule has 0 radical (unpaired) electrons. The van der Waals surface area contributed by atoms with Crippen LogP contribution in [-0.2, 0) is 4.79 Å². The Labute approximate surface area is 210 Å². The highest BCUT2D eigenvalue weighted by atomic mass is 32.3. The van der Waals surface area contributed by atoms with Gasteiger partial charge in [0.1, 0.15) is 9.19 Å². The molecule has 0 N–H and O–H groups in total. The highest BCUT2D eigenvalue weighted by molar-refractivity contribution is 8.33. The van der Waals surface area contributed by atoms with E-state index < -0.39 is 0 Å². The van der Waals surface area contributed by atoms with Gasteiger partial charge in [0.05, 0.1) is 0 Å². The van der Waals surface area contributed by atoms with Gasteiger partial charge < -0.3 is 0 Å². The van der Waals surface area contributed by atoms with E-state index in [0.29, 0.717) is 12.2 Å². The predicted octanol–water partition coefficient (Wildman–Crippen LogP) is 8.97. The Balaban J connectivity index is 1.84. The maximum Gasteiger partial charge on any atom is 0.136 e.